The molecule has 0 aliphatic carbocycles. The molecule has 1 atom stereocenters. The second-order valence-corrected chi connectivity index (χ2v) is 4.21. The lowest BCUT2D eigenvalue weighted by molar-refractivity contribution is 0.257. The van der Waals surface area contributed by atoms with Crippen LogP contribution in [0.1, 0.15) is 19.4 Å². The summed E-state index contributed by atoms with van der Waals surface area (Å²) in [7, 11) is 0. The van der Waals surface area contributed by atoms with E-state index in [-0.39, 0.29) is 11.7 Å². The molecule has 2 N–H and O–H groups in total. The van der Waals surface area contributed by atoms with Crippen molar-refractivity contribution in [3.05, 3.63) is 29.6 Å². The summed E-state index contributed by atoms with van der Waals surface area (Å²) in [5, 5.41) is 8.77. The number of hydrogen-bond acceptors (Lipinski definition) is 3. The van der Waals surface area contributed by atoms with Crippen LogP contribution in [0.5, 0.6) is 0 Å². The van der Waals surface area contributed by atoms with Gasteiger partial charge in [-0.25, -0.2) is 4.39 Å². The van der Waals surface area contributed by atoms with Gasteiger partial charge in [0.15, 0.2) is 0 Å². The average molecular weight is 235 g/mol. The van der Waals surface area contributed by atoms with Crippen LogP contribution in [0.15, 0.2) is 18.2 Å². The van der Waals surface area contributed by atoms with E-state index < -0.39 is 0 Å². The summed E-state index contributed by atoms with van der Waals surface area (Å²) >= 11 is 0. The number of anilines is 1. The van der Waals surface area contributed by atoms with Gasteiger partial charge in [0.25, 0.3) is 0 Å². The average Bonchev–Trinajstić information content (AvgIpc) is 2.31. The van der Waals surface area contributed by atoms with Crippen molar-refractivity contribution in [3.63, 3.8) is 0 Å². The van der Waals surface area contributed by atoms with Crippen molar-refractivity contribution in [2.75, 3.05) is 18.8 Å². The molecule has 0 fully saturated rings. The van der Waals surface area contributed by atoms with Gasteiger partial charge in [-0.05, 0) is 25.6 Å². The summed E-state index contributed by atoms with van der Waals surface area (Å²) in [6.45, 7) is 5.81. The number of nitrogens with zero attached hydrogens (tertiary/aromatic N) is 2. The summed E-state index contributed by atoms with van der Waals surface area (Å²) in [6, 6.07) is 6.91. The monoisotopic (exact) mass is 235 g/mol. The molecule has 0 aromatic heterocycles. The number of halogens is 1. The molecule has 0 amide bonds. The maximum atomic E-state index is 13.6. The van der Waals surface area contributed by atoms with E-state index in [1.165, 1.54) is 6.07 Å². The van der Waals surface area contributed by atoms with Crippen LogP contribution in [0, 0.1) is 23.1 Å². The fraction of sp³-hybridized carbons (Fsp3) is 0.462. The molecule has 17 heavy (non-hydrogen) atoms. The molecule has 1 aromatic carbocycles. The van der Waals surface area contributed by atoms with Gasteiger partial charge >= 0.3 is 0 Å². The Morgan fingerprint density at radius 3 is 2.76 bits per heavy atom. The van der Waals surface area contributed by atoms with Gasteiger partial charge in [0.2, 0.25) is 0 Å². The fourth-order valence-electron chi connectivity index (χ4n) is 1.67. The number of hydrogen-bond donors (Lipinski definition) is 1. The summed E-state index contributed by atoms with van der Waals surface area (Å²) < 4.78 is 13.6. The molecule has 0 spiro atoms. The van der Waals surface area contributed by atoms with Gasteiger partial charge in [0, 0.05) is 24.3 Å². The van der Waals surface area contributed by atoms with Crippen molar-refractivity contribution in [1.29, 1.82) is 5.26 Å². The molecule has 1 unspecified atom stereocenters. The molecule has 0 aliphatic rings. The van der Waals surface area contributed by atoms with Gasteiger partial charge in [0.05, 0.1) is 12.0 Å². The highest BCUT2D eigenvalue weighted by Gasteiger charge is 2.11. The largest absolute Gasteiger partial charge is 0.399 e. The van der Waals surface area contributed by atoms with Crippen molar-refractivity contribution < 1.29 is 4.39 Å². The quantitative estimate of drug-likeness (QED) is 0.797. The maximum absolute atomic E-state index is 13.6. The van der Waals surface area contributed by atoms with Crippen molar-refractivity contribution in [1.82, 2.24) is 4.90 Å². The van der Waals surface area contributed by atoms with Crippen LogP contribution in [-0.2, 0) is 6.54 Å². The van der Waals surface area contributed by atoms with Crippen molar-refractivity contribution in [3.8, 4) is 6.07 Å². The third-order valence-electron chi connectivity index (χ3n) is 2.67. The summed E-state index contributed by atoms with van der Waals surface area (Å²) in [4.78, 5) is 2.04. The zero-order chi connectivity index (χ0) is 12.8. The molecule has 0 saturated carbocycles. The lowest BCUT2D eigenvalue weighted by Crippen LogP contribution is -2.28. The molecular weight excluding hydrogens is 217 g/mol. The SMILES string of the molecule is CCN(Cc1ccc(N)cc1F)CC(C)C#N. The molecule has 0 aliphatic heterocycles. The minimum atomic E-state index is -0.284. The molecule has 4 heteroatoms. The molecule has 0 heterocycles. The third kappa shape index (κ3) is 4.04. The van der Waals surface area contributed by atoms with E-state index in [9.17, 15) is 4.39 Å². The predicted octanol–water partition coefficient (Wildman–Crippen LogP) is 2.39. The van der Waals surface area contributed by atoms with E-state index in [0.29, 0.717) is 24.3 Å². The van der Waals surface area contributed by atoms with Gasteiger partial charge < -0.3 is 5.73 Å². The first-order chi connectivity index (χ1) is 8.06. The van der Waals surface area contributed by atoms with Crippen LogP contribution in [0.2, 0.25) is 0 Å². The molecule has 0 bridgehead atoms. The standard InChI is InChI=1S/C13H18FN3/c1-3-17(8-10(2)7-15)9-11-4-5-12(16)6-13(11)14/h4-6,10H,3,8-9,16H2,1-2H3. The topological polar surface area (TPSA) is 53.0 Å². The van der Waals surface area contributed by atoms with E-state index in [4.69, 9.17) is 11.0 Å². The number of nitriles is 1. The Balaban J connectivity index is 2.71. The second kappa shape index (κ2) is 6.21. The Hall–Kier alpha value is -1.60. The number of benzene rings is 1. The molecule has 1 rings (SSSR count). The lowest BCUT2D eigenvalue weighted by Gasteiger charge is -2.21. The molecule has 3 nitrogen and oxygen atoms in total. The lowest BCUT2D eigenvalue weighted by atomic mass is 10.1. The Morgan fingerprint density at radius 1 is 1.53 bits per heavy atom. The Kier molecular flexibility index (Phi) is 4.92. The first kappa shape index (κ1) is 13.5. The summed E-state index contributed by atoms with van der Waals surface area (Å²) in [6.07, 6.45) is 0. The Labute approximate surface area is 102 Å². The first-order valence-corrected chi connectivity index (χ1v) is 5.72. The predicted molar refractivity (Wildman–Crippen MR) is 66.5 cm³/mol. The van der Waals surface area contributed by atoms with Crippen LogP contribution in [0.25, 0.3) is 0 Å². The van der Waals surface area contributed by atoms with E-state index >= 15 is 0 Å². The molecule has 1 aromatic rings. The normalized spacial score (nSPS) is 12.4. The van der Waals surface area contributed by atoms with Gasteiger partial charge in [-0.1, -0.05) is 13.0 Å². The molecule has 0 radical (unpaired) electrons. The highest BCUT2D eigenvalue weighted by atomic mass is 19.1. The van der Waals surface area contributed by atoms with Gasteiger partial charge in [0.1, 0.15) is 5.82 Å². The Bertz CT molecular complexity index is 412. The fourth-order valence-corrected chi connectivity index (χ4v) is 1.67. The smallest absolute Gasteiger partial charge is 0.129 e. The van der Waals surface area contributed by atoms with E-state index in [1.807, 2.05) is 18.7 Å². The van der Waals surface area contributed by atoms with Gasteiger partial charge in [-0.15, -0.1) is 0 Å². The van der Waals surface area contributed by atoms with Gasteiger partial charge in [-0.3, -0.25) is 4.90 Å². The van der Waals surface area contributed by atoms with Crippen LogP contribution >= 0.6 is 0 Å². The number of nitrogens with two attached hydrogens (primary N) is 1. The highest BCUT2D eigenvalue weighted by molar-refractivity contribution is 5.40. The van der Waals surface area contributed by atoms with Crippen LogP contribution < -0.4 is 5.73 Å². The zero-order valence-electron chi connectivity index (χ0n) is 10.3. The highest BCUT2D eigenvalue weighted by Crippen LogP contribution is 2.14. The number of nitrogen functional groups attached to an aromatic ring is 1. The molecule has 0 saturated heterocycles. The first-order valence-electron chi connectivity index (χ1n) is 5.72. The van der Waals surface area contributed by atoms with Crippen molar-refractivity contribution in [2.24, 2.45) is 5.92 Å². The summed E-state index contributed by atoms with van der Waals surface area (Å²) in [5.74, 6) is -0.333. The minimum Gasteiger partial charge on any atom is -0.399 e. The van der Waals surface area contributed by atoms with E-state index in [1.54, 1.807) is 12.1 Å². The Morgan fingerprint density at radius 2 is 2.24 bits per heavy atom. The maximum Gasteiger partial charge on any atom is 0.129 e. The molecule has 92 valence electrons. The third-order valence-corrected chi connectivity index (χ3v) is 2.67. The van der Waals surface area contributed by atoms with Crippen molar-refractivity contribution >= 4 is 5.69 Å². The zero-order valence-corrected chi connectivity index (χ0v) is 10.3. The van der Waals surface area contributed by atoms with Gasteiger partial charge in [-0.2, -0.15) is 5.26 Å². The number of rotatable bonds is 5. The molecular formula is C13H18FN3. The second-order valence-electron chi connectivity index (χ2n) is 4.21. The van der Waals surface area contributed by atoms with Crippen LogP contribution in [0.4, 0.5) is 10.1 Å². The van der Waals surface area contributed by atoms with Crippen molar-refractivity contribution in [2.45, 2.75) is 20.4 Å². The van der Waals surface area contributed by atoms with E-state index in [0.717, 1.165) is 6.54 Å². The van der Waals surface area contributed by atoms with E-state index in [2.05, 4.69) is 6.07 Å². The van der Waals surface area contributed by atoms with Crippen LogP contribution in [-0.4, -0.2) is 18.0 Å². The minimum absolute atomic E-state index is 0.0493. The van der Waals surface area contributed by atoms with Crippen LogP contribution in [0.3, 0.4) is 0 Å². The summed E-state index contributed by atoms with van der Waals surface area (Å²) in [5.41, 5.74) is 6.54.